The van der Waals surface area contributed by atoms with Crippen molar-refractivity contribution >= 4 is 5.91 Å². The average Bonchev–Trinajstić information content (AvgIpc) is 2.44. The molecule has 1 aromatic rings. The van der Waals surface area contributed by atoms with E-state index >= 15 is 0 Å². The van der Waals surface area contributed by atoms with Gasteiger partial charge in [0.1, 0.15) is 0 Å². The van der Waals surface area contributed by atoms with Crippen LogP contribution in [0, 0.1) is 0 Å². The van der Waals surface area contributed by atoms with Gasteiger partial charge in [-0.25, -0.2) is 0 Å². The number of amides is 1. The lowest BCUT2D eigenvalue weighted by molar-refractivity contribution is 0.0899. The normalized spacial score (nSPS) is 12.5. The predicted molar refractivity (Wildman–Crippen MR) is 81.3 cm³/mol. The van der Waals surface area contributed by atoms with Gasteiger partial charge < -0.3 is 25.3 Å². The summed E-state index contributed by atoms with van der Waals surface area (Å²) < 4.78 is 15.8. The number of hydrogen-bond acceptors (Lipinski definition) is 5. The summed E-state index contributed by atoms with van der Waals surface area (Å²) in [7, 11) is 4.50. The smallest absolute Gasteiger partial charge is 0.255 e. The number of nitrogens with two attached hydrogens (primary N) is 1. The van der Waals surface area contributed by atoms with Crippen molar-refractivity contribution in [2.45, 2.75) is 32.4 Å². The van der Waals surface area contributed by atoms with Crippen molar-refractivity contribution in [3.63, 3.8) is 0 Å². The van der Waals surface area contributed by atoms with E-state index in [-0.39, 0.29) is 11.9 Å². The maximum absolute atomic E-state index is 12.5. The summed E-state index contributed by atoms with van der Waals surface area (Å²) in [6.45, 7) is 5.57. The predicted octanol–water partition coefficient (Wildman–Crippen LogP) is 1.57. The van der Waals surface area contributed by atoms with Crippen LogP contribution < -0.4 is 25.3 Å². The van der Waals surface area contributed by atoms with Gasteiger partial charge in [-0.15, -0.1) is 0 Å². The van der Waals surface area contributed by atoms with Gasteiger partial charge in [-0.2, -0.15) is 0 Å². The van der Waals surface area contributed by atoms with Crippen LogP contribution in [0.3, 0.4) is 0 Å². The monoisotopic (exact) mass is 296 g/mol. The molecule has 3 N–H and O–H groups in total. The van der Waals surface area contributed by atoms with Gasteiger partial charge in [0, 0.05) is 11.6 Å². The number of nitrogens with one attached hydrogen (secondary N) is 1. The highest BCUT2D eigenvalue weighted by Gasteiger charge is 2.28. The van der Waals surface area contributed by atoms with Crippen LogP contribution in [0.4, 0.5) is 0 Å². The molecule has 0 bridgehead atoms. The Labute approximate surface area is 125 Å². The fourth-order valence-electron chi connectivity index (χ4n) is 1.75. The average molecular weight is 296 g/mol. The van der Waals surface area contributed by atoms with Gasteiger partial charge in [0.25, 0.3) is 5.91 Å². The molecule has 0 fully saturated rings. The molecule has 0 radical (unpaired) electrons. The van der Waals surface area contributed by atoms with E-state index in [2.05, 4.69) is 5.32 Å². The minimum atomic E-state index is -0.546. The van der Waals surface area contributed by atoms with E-state index in [4.69, 9.17) is 19.9 Å². The second-order valence-corrected chi connectivity index (χ2v) is 5.35. The molecule has 118 valence electrons. The third kappa shape index (κ3) is 3.58. The Bertz CT molecular complexity index is 513. The fraction of sp³-hybridized carbons (Fsp3) is 0.533. The summed E-state index contributed by atoms with van der Waals surface area (Å²) in [4.78, 5) is 12.5. The number of carbonyl (C=O) groups is 1. The standard InChI is InChI=1S/C15H24N2O4/c1-9(16)15(2,3)17-14(18)10-7-8-11(19-4)13(21-6)12(10)20-5/h7-9H,16H2,1-6H3,(H,17,18). The number of carbonyl (C=O) groups excluding carboxylic acids is 1. The van der Waals surface area contributed by atoms with Crippen molar-refractivity contribution in [1.82, 2.24) is 5.32 Å². The molecule has 0 aromatic heterocycles. The summed E-state index contributed by atoms with van der Waals surface area (Å²) >= 11 is 0. The molecule has 0 aliphatic carbocycles. The number of benzene rings is 1. The van der Waals surface area contributed by atoms with Crippen LogP contribution in [-0.2, 0) is 0 Å². The molecular weight excluding hydrogens is 272 g/mol. The van der Waals surface area contributed by atoms with Gasteiger partial charge in [-0.3, -0.25) is 4.79 Å². The largest absolute Gasteiger partial charge is 0.493 e. The maximum Gasteiger partial charge on any atom is 0.255 e. The van der Waals surface area contributed by atoms with Crippen LogP contribution in [0.5, 0.6) is 17.2 Å². The highest BCUT2D eigenvalue weighted by atomic mass is 16.5. The van der Waals surface area contributed by atoms with Crippen LogP contribution in [0.25, 0.3) is 0 Å². The van der Waals surface area contributed by atoms with E-state index in [9.17, 15) is 4.79 Å². The zero-order chi connectivity index (χ0) is 16.2. The van der Waals surface area contributed by atoms with Crippen molar-refractivity contribution in [2.75, 3.05) is 21.3 Å². The first kappa shape index (κ1) is 17.1. The second kappa shape index (κ2) is 6.67. The van der Waals surface area contributed by atoms with Gasteiger partial charge >= 0.3 is 0 Å². The molecule has 0 spiro atoms. The molecule has 1 unspecified atom stereocenters. The second-order valence-electron chi connectivity index (χ2n) is 5.35. The molecule has 21 heavy (non-hydrogen) atoms. The number of hydrogen-bond donors (Lipinski definition) is 2. The molecule has 1 amide bonds. The molecule has 0 heterocycles. The van der Waals surface area contributed by atoms with Gasteiger partial charge in [-0.05, 0) is 32.9 Å². The van der Waals surface area contributed by atoms with Gasteiger partial charge in [-0.1, -0.05) is 0 Å². The molecule has 0 saturated heterocycles. The summed E-state index contributed by atoms with van der Waals surface area (Å²) in [6.07, 6.45) is 0. The molecule has 0 aliphatic rings. The van der Waals surface area contributed by atoms with Crippen molar-refractivity contribution in [1.29, 1.82) is 0 Å². The van der Waals surface area contributed by atoms with E-state index in [0.717, 1.165) is 0 Å². The SMILES string of the molecule is COc1ccc(C(=O)NC(C)(C)C(C)N)c(OC)c1OC. The molecule has 1 atom stereocenters. The lowest BCUT2D eigenvalue weighted by Gasteiger charge is -2.30. The highest BCUT2D eigenvalue weighted by Crippen LogP contribution is 2.39. The molecule has 1 aromatic carbocycles. The Morgan fingerprint density at radius 3 is 2.14 bits per heavy atom. The fourth-order valence-corrected chi connectivity index (χ4v) is 1.75. The summed E-state index contributed by atoms with van der Waals surface area (Å²) in [5.74, 6) is 0.925. The van der Waals surface area contributed by atoms with Gasteiger partial charge in [0.15, 0.2) is 11.5 Å². The third-order valence-corrected chi connectivity index (χ3v) is 3.52. The number of ether oxygens (including phenoxy) is 3. The molecule has 6 nitrogen and oxygen atoms in total. The first-order valence-electron chi connectivity index (χ1n) is 6.65. The summed E-state index contributed by atoms with van der Waals surface area (Å²) in [5.41, 5.74) is 5.70. The first-order valence-corrected chi connectivity index (χ1v) is 6.65. The van der Waals surface area contributed by atoms with Crippen molar-refractivity contribution < 1.29 is 19.0 Å². The van der Waals surface area contributed by atoms with Crippen molar-refractivity contribution in [3.8, 4) is 17.2 Å². The minimum absolute atomic E-state index is 0.201. The van der Waals surface area contributed by atoms with Crippen LogP contribution in [0.15, 0.2) is 12.1 Å². The van der Waals surface area contributed by atoms with Crippen LogP contribution >= 0.6 is 0 Å². The third-order valence-electron chi connectivity index (χ3n) is 3.52. The Hall–Kier alpha value is -1.95. The van der Waals surface area contributed by atoms with Crippen molar-refractivity contribution in [2.24, 2.45) is 5.73 Å². The van der Waals surface area contributed by atoms with Crippen molar-refractivity contribution in [3.05, 3.63) is 17.7 Å². The van der Waals surface area contributed by atoms with E-state index in [0.29, 0.717) is 22.8 Å². The highest BCUT2D eigenvalue weighted by molar-refractivity contribution is 5.98. The quantitative estimate of drug-likeness (QED) is 0.832. The van der Waals surface area contributed by atoms with E-state index in [1.807, 2.05) is 20.8 Å². The Morgan fingerprint density at radius 2 is 1.71 bits per heavy atom. The van der Waals surface area contributed by atoms with Crippen LogP contribution in [0.1, 0.15) is 31.1 Å². The van der Waals surface area contributed by atoms with Gasteiger partial charge in [0.2, 0.25) is 5.75 Å². The molecular formula is C15H24N2O4. The first-order chi connectivity index (χ1) is 9.78. The van der Waals surface area contributed by atoms with Gasteiger partial charge in [0.05, 0.1) is 26.9 Å². The topological polar surface area (TPSA) is 82.8 Å². The van der Waals surface area contributed by atoms with E-state index in [1.165, 1.54) is 21.3 Å². The van der Waals surface area contributed by atoms with Crippen LogP contribution in [-0.4, -0.2) is 38.8 Å². The zero-order valence-corrected chi connectivity index (χ0v) is 13.4. The maximum atomic E-state index is 12.5. The number of methoxy groups -OCH3 is 3. The lowest BCUT2D eigenvalue weighted by Crippen LogP contribution is -2.54. The van der Waals surface area contributed by atoms with E-state index in [1.54, 1.807) is 12.1 Å². The van der Waals surface area contributed by atoms with E-state index < -0.39 is 5.54 Å². The summed E-state index contributed by atoms with van der Waals surface area (Å²) in [5, 5.41) is 2.90. The zero-order valence-electron chi connectivity index (χ0n) is 13.4. The Kier molecular flexibility index (Phi) is 5.43. The Morgan fingerprint density at radius 1 is 1.14 bits per heavy atom. The minimum Gasteiger partial charge on any atom is -0.493 e. The lowest BCUT2D eigenvalue weighted by atomic mass is 9.96. The number of rotatable bonds is 6. The summed E-state index contributed by atoms with van der Waals surface area (Å²) in [6, 6.07) is 3.09. The van der Waals surface area contributed by atoms with Crippen LogP contribution in [0.2, 0.25) is 0 Å². The molecule has 6 heteroatoms. The molecule has 0 saturated carbocycles. The molecule has 1 rings (SSSR count). The Balaban J connectivity index is 3.22. The molecule has 0 aliphatic heterocycles.